The van der Waals surface area contributed by atoms with Crippen molar-refractivity contribution in [1.29, 1.82) is 0 Å². The second kappa shape index (κ2) is 5.66. The van der Waals surface area contributed by atoms with E-state index in [1.807, 2.05) is 6.92 Å². The Morgan fingerprint density at radius 3 is 2.59 bits per heavy atom. The van der Waals surface area contributed by atoms with Crippen molar-refractivity contribution in [2.75, 3.05) is 0 Å². The van der Waals surface area contributed by atoms with Gasteiger partial charge in [0.2, 0.25) is 0 Å². The number of carbonyl (C=O) groups is 1. The lowest BCUT2D eigenvalue weighted by Crippen LogP contribution is -2.24. The fourth-order valence-electron chi connectivity index (χ4n) is 1.84. The molecular weight excluding hydrogens is 218 g/mol. The highest BCUT2D eigenvalue weighted by Crippen LogP contribution is 2.18. The monoisotopic (exact) mass is 237 g/mol. The van der Waals surface area contributed by atoms with Gasteiger partial charge in [-0.05, 0) is 25.3 Å². The van der Waals surface area contributed by atoms with E-state index >= 15 is 0 Å². The maximum Gasteiger partial charge on any atom is 0.337 e. The van der Waals surface area contributed by atoms with Crippen molar-refractivity contribution in [1.82, 2.24) is 4.57 Å². The van der Waals surface area contributed by atoms with Gasteiger partial charge in [0.1, 0.15) is 0 Å². The fourth-order valence-corrected chi connectivity index (χ4v) is 1.84. The molecule has 0 bridgehead atoms. The van der Waals surface area contributed by atoms with E-state index in [4.69, 9.17) is 5.11 Å². The lowest BCUT2D eigenvalue weighted by molar-refractivity contribution is 0.0695. The number of hydrogen-bond donors (Lipinski definition) is 1. The van der Waals surface area contributed by atoms with Gasteiger partial charge >= 0.3 is 5.97 Å². The summed E-state index contributed by atoms with van der Waals surface area (Å²) in [7, 11) is 0. The Hall–Kier alpha value is -1.58. The standard InChI is InChI=1S/C13H19NO3/c1-4-9(2)7-10(3)14-8-11(13(16)17)5-6-12(14)15/h5-6,8-10H,4,7H2,1-3H3,(H,16,17). The normalized spacial score (nSPS) is 14.3. The van der Waals surface area contributed by atoms with Gasteiger partial charge in [0.05, 0.1) is 5.56 Å². The molecule has 17 heavy (non-hydrogen) atoms. The predicted molar refractivity (Wildman–Crippen MR) is 66.4 cm³/mol. The maximum absolute atomic E-state index is 11.7. The SMILES string of the molecule is CCC(C)CC(C)n1cc(C(=O)O)ccc1=O. The third-order valence-electron chi connectivity index (χ3n) is 3.10. The van der Waals surface area contributed by atoms with Crippen LogP contribution in [0.1, 0.15) is 50.0 Å². The molecule has 0 aliphatic carbocycles. The largest absolute Gasteiger partial charge is 0.478 e. The van der Waals surface area contributed by atoms with Crippen molar-refractivity contribution in [2.45, 2.75) is 39.7 Å². The zero-order chi connectivity index (χ0) is 13.0. The topological polar surface area (TPSA) is 59.3 Å². The van der Waals surface area contributed by atoms with Gasteiger partial charge in [-0.25, -0.2) is 4.79 Å². The summed E-state index contributed by atoms with van der Waals surface area (Å²) in [4.78, 5) is 22.5. The summed E-state index contributed by atoms with van der Waals surface area (Å²) in [5.74, 6) is -0.486. The average Bonchev–Trinajstić information content (AvgIpc) is 2.28. The van der Waals surface area contributed by atoms with Crippen molar-refractivity contribution >= 4 is 5.97 Å². The molecule has 0 aliphatic heterocycles. The molecule has 2 unspecified atom stereocenters. The van der Waals surface area contributed by atoms with Crippen molar-refractivity contribution < 1.29 is 9.90 Å². The molecule has 1 rings (SSSR count). The van der Waals surface area contributed by atoms with Crippen molar-refractivity contribution in [3.8, 4) is 0 Å². The number of pyridine rings is 1. The summed E-state index contributed by atoms with van der Waals surface area (Å²) >= 11 is 0. The van der Waals surface area contributed by atoms with Crippen molar-refractivity contribution in [2.24, 2.45) is 5.92 Å². The zero-order valence-corrected chi connectivity index (χ0v) is 10.5. The third-order valence-corrected chi connectivity index (χ3v) is 3.10. The van der Waals surface area contributed by atoms with E-state index in [0.29, 0.717) is 5.92 Å². The number of rotatable bonds is 5. The number of aromatic nitrogens is 1. The molecule has 1 aromatic heterocycles. The van der Waals surface area contributed by atoms with Crippen LogP contribution in [-0.4, -0.2) is 15.6 Å². The highest BCUT2D eigenvalue weighted by Gasteiger charge is 2.12. The molecule has 4 nitrogen and oxygen atoms in total. The summed E-state index contributed by atoms with van der Waals surface area (Å²) in [6.07, 6.45) is 3.36. The van der Waals surface area contributed by atoms with Gasteiger partial charge in [-0.1, -0.05) is 20.3 Å². The molecule has 0 saturated carbocycles. The van der Waals surface area contributed by atoms with E-state index in [-0.39, 0.29) is 17.2 Å². The molecular formula is C13H19NO3. The molecule has 0 aliphatic rings. The van der Waals surface area contributed by atoms with E-state index in [1.54, 1.807) is 0 Å². The molecule has 0 amide bonds. The zero-order valence-electron chi connectivity index (χ0n) is 10.5. The Kier molecular flexibility index (Phi) is 4.49. The predicted octanol–water partition coefficient (Wildman–Crippen LogP) is 2.54. The number of carboxylic acid groups (broad SMARTS) is 1. The first-order chi connectivity index (χ1) is 7.95. The van der Waals surface area contributed by atoms with Gasteiger partial charge in [0.15, 0.2) is 0 Å². The van der Waals surface area contributed by atoms with Gasteiger partial charge < -0.3 is 9.67 Å². The van der Waals surface area contributed by atoms with Crippen LogP contribution in [0, 0.1) is 5.92 Å². The molecule has 1 heterocycles. The van der Waals surface area contributed by atoms with Crippen LogP contribution in [0.25, 0.3) is 0 Å². The quantitative estimate of drug-likeness (QED) is 0.856. The maximum atomic E-state index is 11.7. The van der Waals surface area contributed by atoms with Crippen LogP contribution in [0.15, 0.2) is 23.1 Å². The Bertz CT molecular complexity index is 450. The molecule has 0 spiro atoms. The molecule has 0 fully saturated rings. The van der Waals surface area contributed by atoms with E-state index in [2.05, 4.69) is 13.8 Å². The first-order valence-corrected chi connectivity index (χ1v) is 5.91. The third kappa shape index (κ3) is 3.44. The first kappa shape index (κ1) is 13.5. The van der Waals surface area contributed by atoms with Crippen LogP contribution >= 0.6 is 0 Å². The van der Waals surface area contributed by atoms with Gasteiger partial charge in [0, 0.05) is 18.3 Å². The molecule has 0 radical (unpaired) electrons. The molecule has 94 valence electrons. The number of hydrogen-bond acceptors (Lipinski definition) is 2. The molecule has 1 N–H and O–H groups in total. The van der Waals surface area contributed by atoms with Crippen molar-refractivity contribution in [3.63, 3.8) is 0 Å². The summed E-state index contributed by atoms with van der Waals surface area (Å²) < 4.78 is 1.51. The van der Waals surface area contributed by atoms with E-state index in [0.717, 1.165) is 12.8 Å². The minimum atomic E-state index is -1.01. The van der Waals surface area contributed by atoms with Crippen LogP contribution in [0.2, 0.25) is 0 Å². The van der Waals surface area contributed by atoms with Gasteiger partial charge in [-0.15, -0.1) is 0 Å². The highest BCUT2D eigenvalue weighted by molar-refractivity contribution is 5.87. The van der Waals surface area contributed by atoms with Crippen LogP contribution in [-0.2, 0) is 0 Å². The van der Waals surface area contributed by atoms with E-state index in [9.17, 15) is 9.59 Å². The molecule has 0 saturated heterocycles. The molecule has 0 aromatic carbocycles. The smallest absolute Gasteiger partial charge is 0.337 e. The number of nitrogens with zero attached hydrogens (tertiary/aromatic N) is 1. The number of aromatic carboxylic acids is 1. The lowest BCUT2D eigenvalue weighted by Gasteiger charge is -2.18. The Morgan fingerprint density at radius 1 is 1.41 bits per heavy atom. The first-order valence-electron chi connectivity index (χ1n) is 5.91. The van der Waals surface area contributed by atoms with Gasteiger partial charge in [0.25, 0.3) is 5.56 Å². The highest BCUT2D eigenvalue weighted by atomic mass is 16.4. The summed E-state index contributed by atoms with van der Waals surface area (Å²) in [5.41, 5.74) is 0.00593. The van der Waals surface area contributed by atoms with Crippen LogP contribution in [0.4, 0.5) is 0 Å². The molecule has 4 heteroatoms. The van der Waals surface area contributed by atoms with Crippen LogP contribution < -0.4 is 5.56 Å². The van der Waals surface area contributed by atoms with Gasteiger partial charge in [-0.3, -0.25) is 4.79 Å². The average molecular weight is 237 g/mol. The Labute approximate surface area is 101 Å². The Balaban J connectivity index is 2.99. The second-order valence-electron chi connectivity index (χ2n) is 4.57. The van der Waals surface area contributed by atoms with Crippen LogP contribution in [0.3, 0.4) is 0 Å². The lowest BCUT2D eigenvalue weighted by atomic mass is 10.00. The van der Waals surface area contributed by atoms with Crippen molar-refractivity contribution in [3.05, 3.63) is 34.2 Å². The van der Waals surface area contributed by atoms with Crippen LogP contribution in [0.5, 0.6) is 0 Å². The summed E-state index contributed by atoms with van der Waals surface area (Å²) in [6, 6.07) is 2.69. The minimum Gasteiger partial charge on any atom is -0.478 e. The fraction of sp³-hybridized carbons (Fsp3) is 0.538. The van der Waals surface area contributed by atoms with E-state index < -0.39 is 5.97 Å². The Morgan fingerprint density at radius 2 is 2.06 bits per heavy atom. The molecule has 2 atom stereocenters. The molecule has 1 aromatic rings. The minimum absolute atomic E-state index is 0.0248. The second-order valence-corrected chi connectivity index (χ2v) is 4.57. The van der Waals surface area contributed by atoms with Gasteiger partial charge in [-0.2, -0.15) is 0 Å². The number of carboxylic acids is 1. The summed E-state index contributed by atoms with van der Waals surface area (Å²) in [6.45, 7) is 6.18. The summed E-state index contributed by atoms with van der Waals surface area (Å²) in [5, 5.41) is 8.89. The van der Waals surface area contributed by atoms with E-state index in [1.165, 1.54) is 22.9 Å².